The van der Waals surface area contributed by atoms with Crippen LogP contribution in [0, 0.1) is 23.2 Å². The van der Waals surface area contributed by atoms with Crippen LogP contribution in [0.4, 0.5) is 5.69 Å². The molecule has 1 amide bonds. The predicted molar refractivity (Wildman–Crippen MR) is 95.8 cm³/mol. The SMILES string of the molecule is COC(=O)c1ccc(C(=O)OC)c(NC(=O)C#Cc2ccccc2C#N)c1. The van der Waals surface area contributed by atoms with E-state index in [1.807, 2.05) is 6.07 Å². The highest BCUT2D eigenvalue weighted by Crippen LogP contribution is 2.19. The number of carbonyl (C=O) groups is 3. The van der Waals surface area contributed by atoms with Crippen molar-refractivity contribution in [3.05, 3.63) is 64.7 Å². The quantitative estimate of drug-likeness (QED) is 0.662. The molecule has 7 nitrogen and oxygen atoms in total. The van der Waals surface area contributed by atoms with Gasteiger partial charge in [0.15, 0.2) is 0 Å². The second-order valence-corrected chi connectivity index (χ2v) is 5.11. The van der Waals surface area contributed by atoms with Gasteiger partial charge in [0.2, 0.25) is 0 Å². The lowest BCUT2D eigenvalue weighted by atomic mass is 10.1. The van der Waals surface area contributed by atoms with Crippen molar-refractivity contribution in [2.24, 2.45) is 0 Å². The van der Waals surface area contributed by atoms with Crippen LogP contribution in [0.25, 0.3) is 0 Å². The van der Waals surface area contributed by atoms with Gasteiger partial charge in [-0.1, -0.05) is 18.1 Å². The fraction of sp³-hybridized carbons (Fsp3) is 0.100. The number of nitrogens with one attached hydrogen (secondary N) is 1. The molecule has 0 aliphatic heterocycles. The third kappa shape index (κ3) is 4.71. The molecule has 134 valence electrons. The standard InChI is InChI=1S/C20H14N2O5/c1-26-19(24)14-7-9-16(20(25)27-2)17(11-14)22-18(23)10-8-13-5-3-4-6-15(13)12-21/h3-7,9,11H,1-2H3,(H,22,23). The van der Waals surface area contributed by atoms with Crippen LogP contribution in [-0.4, -0.2) is 32.1 Å². The molecule has 0 saturated carbocycles. The molecule has 0 aliphatic rings. The van der Waals surface area contributed by atoms with E-state index in [1.165, 1.54) is 32.4 Å². The third-order valence-corrected chi connectivity index (χ3v) is 3.45. The topological polar surface area (TPSA) is 105 Å². The first kappa shape index (κ1) is 19.2. The first-order valence-corrected chi connectivity index (χ1v) is 7.63. The van der Waals surface area contributed by atoms with Gasteiger partial charge in [-0.05, 0) is 30.3 Å². The van der Waals surface area contributed by atoms with Crippen LogP contribution in [-0.2, 0) is 14.3 Å². The van der Waals surface area contributed by atoms with Crippen LogP contribution in [0.3, 0.4) is 0 Å². The second kappa shape index (κ2) is 8.84. The minimum Gasteiger partial charge on any atom is -0.465 e. The molecular formula is C20H14N2O5. The highest BCUT2D eigenvalue weighted by Gasteiger charge is 2.16. The molecule has 0 saturated heterocycles. The van der Waals surface area contributed by atoms with Crippen LogP contribution in [0.15, 0.2) is 42.5 Å². The van der Waals surface area contributed by atoms with Crippen LogP contribution in [0.2, 0.25) is 0 Å². The number of carbonyl (C=O) groups excluding carboxylic acids is 3. The summed E-state index contributed by atoms with van der Waals surface area (Å²) in [5, 5.41) is 11.5. The highest BCUT2D eigenvalue weighted by atomic mass is 16.5. The molecule has 2 aromatic rings. The van der Waals surface area contributed by atoms with E-state index in [9.17, 15) is 14.4 Å². The monoisotopic (exact) mass is 362 g/mol. The summed E-state index contributed by atoms with van der Waals surface area (Å²) in [6.45, 7) is 0. The molecule has 0 unspecified atom stereocenters. The molecule has 0 radical (unpaired) electrons. The zero-order chi connectivity index (χ0) is 19.8. The first-order chi connectivity index (χ1) is 13.0. The van der Waals surface area contributed by atoms with Crippen molar-refractivity contribution in [1.82, 2.24) is 0 Å². The Hall–Kier alpha value is -4.10. The summed E-state index contributed by atoms with van der Waals surface area (Å²) in [5.74, 6) is 2.91. The number of nitriles is 1. The van der Waals surface area contributed by atoms with Gasteiger partial charge in [0.25, 0.3) is 0 Å². The fourth-order valence-electron chi connectivity index (χ4n) is 2.15. The van der Waals surface area contributed by atoms with Gasteiger partial charge in [-0.2, -0.15) is 5.26 Å². The van der Waals surface area contributed by atoms with Crippen molar-refractivity contribution in [1.29, 1.82) is 5.26 Å². The molecule has 0 bridgehead atoms. The molecule has 1 N–H and O–H groups in total. The Kier molecular flexibility index (Phi) is 6.29. The minimum absolute atomic E-state index is 0.0534. The Labute approximate surface area is 155 Å². The molecule has 0 heterocycles. The van der Waals surface area contributed by atoms with Crippen LogP contribution in [0.5, 0.6) is 0 Å². The van der Waals surface area contributed by atoms with E-state index in [-0.39, 0.29) is 16.8 Å². The molecule has 2 rings (SSSR count). The molecular weight excluding hydrogens is 348 g/mol. The lowest BCUT2D eigenvalue weighted by Gasteiger charge is -2.09. The normalized spacial score (nSPS) is 9.22. The van der Waals surface area contributed by atoms with Crippen molar-refractivity contribution in [3.63, 3.8) is 0 Å². The molecule has 2 aromatic carbocycles. The Morgan fingerprint density at radius 2 is 1.63 bits per heavy atom. The maximum atomic E-state index is 12.2. The fourth-order valence-corrected chi connectivity index (χ4v) is 2.15. The van der Waals surface area contributed by atoms with E-state index in [0.29, 0.717) is 11.1 Å². The summed E-state index contributed by atoms with van der Waals surface area (Å²) in [5.41, 5.74) is 0.978. The van der Waals surface area contributed by atoms with Crippen LogP contribution >= 0.6 is 0 Å². The lowest BCUT2D eigenvalue weighted by molar-refractivity contribution is -0.111. The van der Waals surface area contributed by atoms with E-state index >= 15 is 0 Å². The Bertz CT molecular complexity index is 1010. The predicted octanol–water partition coefficient (Wildman–Crippen LogP) is 2.12. The van der Waals surface area contributed by atoms with Gasteiger partial charge in [0.1, 0.15) is 6.07 Å². The van der Waals surface area contributed by atoms with E-state index in [0.717, 1.165) is 0 Å². The number of benzene rings is 2. The number of amides is 1. The van der Waals surface area contributed by atoms with Crippen molar-refractivity contribution in [3.8, 4) is 17.9 Å². The largest absolute Gasteiger partial charge is 0.465 e. The number of hydrogen-bond acceptors (Lipinski definition) is 6. The summed E-state index contributed by atoms with van der Waals surface area (Å²) < 4.78 is 9.29. The summed E-state index contributed by atoms with van der Waals surface area (Å²) in [7, 11) is 2.41. The van der Waals surface area contributed by atoms with Crippen LogP contribution < -0.4 is 5.32 Å². The third-order valence-electron chi connectivity index (χ3n) is 3.45. The van der Waals surface area contributed by atoms with Gasteiger partial charge in [-0.15, -0.1) is 0 Å². The van der Waals surface area contributed by atoms with Gasteiger partial charge < -0.3 is 14.8 Å². The van der Waals surface area contributed by atoms with Crippen molar-refractivity contribution in [2.45, 2.75) is 0 Å². The number of nitrogens with zero attached hydrogens (tertiary/aromatic N) is 1. The zero-order valence-electron chi connectivity index (χ0n) is 14.5. The number of methoxy groups -OCH3 is 2. The van der Waals surface area contributed by atoms with Gasteiger partial charge in [-0.3, -0.25) is 4.79 Å². The van der Waals surface area contributed by atoms with Gasteiger partial charge in [0.05, 0.1) is 36.6 Å². The summed E-state index contributed by atoms with van der Waals surface area (Å²) in [4.78, 5) is 35.7. The van der Waals surface area contributed by atoms with Crippen molar-refractivity contribution >= 4 is 23.5 Å². The minimum atomic E-state index is -0.727. The molecule has 7 heteroatoms. The average molecular weight is 362 g/mol. The Morgan fingerprint density at radius 1 is 0.963 bits per heavy atom. The Balaban J connectivity index is 2.34. The second-order valence-electron chi connectivity index (χ2n) is 5.11. The van der Waals surface area contributed by atoms with Crippen LogP contribution in [0.1, 0.15) is 31.8 Å². The molecule has 0 aromatic heterocycles. The Morgan fingerprint density at radius 3 is 2.26 bits per heavy atom. The van der Waals surface area contributed by atoms with E-state index in [2.05, 4.69) is 26.6 Å². The summed E-state index contributed by atoms with van der Waals surface area (Å²) in [6.07, 6.45) is 0. The smallest absolute Gasteiger partial charge is 0.339 e. The van der Waals surface area contributed by atoms with Gasteiger partial charge in [-0.25, -0.2) is 9.59 Å². The molecule has 0 aliphatic carbocycles. The average Bonchev–Trinajstić information content (AvgIpc) is 2.71. The van der Waals surface area contributed by atoms with Crippen molar-refractivity contribution < 1.29 is 23.9 Å². The van der Waals surface area contributed by atoms with E-state index in [1.54, 1.807) is 24.3 Å². The van der Waals surface area contributed by atoms with E-state index in [4.69, 9.17) is 5.26 Å². The molecule has 0 fully saturated rings. The highest BCUT2D eigenvalue weighted by molar-refractivity contribution is 6.09. The van der Waals surface area contributed by atoms with Crippen molar-refractivity contribution in [2.75, 3.05) is 19.5 Å². The summed E-state index contributed by atoms with van der Waals surface area (Å²) in [6, 6.07) is 12.6. The first-order valence-electron chi connectivity index (χ1n) is 7.63. The lowest BCUT2D eigenvalue weighted by Crippen LogP contribution is -2.15. The number of hydrogen-bond donors (Lipinski definition) is 1. The molecule has 0 atom stereocenters. The molecule has 27 heavy (non-hydrogen) atoms. The molecule has 0 spiro atoms. The number of rotatable bonds is 3. The number of ether oxygens (including phenoxy) is 2. The van der Waals surface area contributed by atoms with Gasteiger partial charge >= 0.3 is 17.8 Å². The zero-order valence-corrected chi connectivity index (χ0v) is 14.5. The maximum Gasteiger partial charge on any atom is 0.339 e. The maximum absolute atomic E-state index is 12.2. The number of anilines is 1. The van der Waals surface area contributed by atoms with E-state index < -0.39 is 17.8 Å². The summed E-state index contributed by atoms with van der Waals surface area (Å²) >= 11 is 0. The number of esters is 2. The van der Waals surface area contributed by atoms with Gasteiger partial charge in [0, 0.05) is 11.5 Å².